The van der Waals surface area contributed by atoms with E-state index in [0.717, 1.165) is 16.8 Å². The lowest BCUT2D eigenvalue weighted by molar-refractivity contribution is -0.117. The summed E-state index contributed by atoms with van der Waals surface area (Å²) in [5, 5.41) is 16.0. The van der Waals surface area contributed by atoms with Crippen LogP contribution in [0, 0.1) is 11.3 Å². The highest BCUT2D eigenvalue weighted by Gasteiger charge is 2.07. The maximum atomic E-state index is 12.1. The van der Waals surface area contributed by atoms with Gasteiger partial charge in [-0.2, -0.15) is 10.4 Å². The molecule has 1 unspecified atom stereocenters. The van der Waals surface area contributed by atoms with Gasteiger partial charge in [-0.05, 0) is 42.8 Å². The molecule has 2 aromatic carbocycles. The second kappa shape index (κ2) is 7.95. The predicted octanol–water partition coefficient (Wildman–Crippen LogP) is 3.63. The van der Waals surface area contributed by atoms with E-state index in [1.54, 1.807) is 29.1 Å². The first-order chi connectivity index (χ1) is 12.7. The molecule has 1 atom stereocenters. The summed E-state index contributed by atoms with van der Waals surface area (Å²) >= 11 is 0. The van der Waals surface area contributed by atoms with E-state index >= 15 is 0 Å². The first-order valence-corrected chi connectivity index (χ1v) is 8.24. The predicted molar refractivity (Wildman–Crippen MR) is 100 cm³/mol. The van der Waals surface area contributed by atoms with Crippen LogP contribution in [0.2, 0.25) is 0 Å². The van der Waals surface area contributed by atoms with Crippen molar-refractivity contribution < 1.29 is 4.79 Å². The van der Waals surface area contributed by atoms with Crippen LogP contribution in [0.5, 0.6) is 0 Å². The quantitative estimate of drug-likeness (QED) is 0.720. The fourth-order valence-corrected chi connectivity index (χ4v) is 2.51. The van der Waals surface area contributed by atoms with E-state index in [1.807, 2.05) is 55.6 Å². The maximum Gasteiger partial charge on any atom is 0.244 e. The summed E-state index contributed by atoms with van der Waals surface area (Å²) in [6.07, 6.45) is 6.80. The van der Waals surface area contributed by atoms with Gasteiger partial charge < -0.3 is 5.32 Å². The van der Waals surface area contributed by atoms with Crippen molar-refractivity contribution in [2.45, 2.75) is 13.0 Å². The Morgan fingerprint density at radius 2 is 1.92 bits per heavy atom. The molecule has 0 aliphatic rings. The molecular formula is C21H18N4O. The number of nitriles is 1. The van der Waals surface area contributed by atoms with E-state index in [4.69, 9.17) is 5.26 Å². The van der Waals surface area contributed by atoms with Gasteiger partial charge in [-0.1, -0.05) is 30.3 Å². The summed E-state index contributed by atoms with van der Waals surface area (Å²) in [5.41, 5.74) is 3.35. The number of hydrogen-bond acceptors (Lipinski definition) is 3. The SMILES string of the molecule is CC(NC(=O)/C=C/c1cnn(-c2ccccc2)c1)c1ccc(C#N)cc1. The first kappa shape index (κ1) is 17.2. The highest BCUT2D eigenvalue weighted by molar-refractivity contribution is 5.91. The molecule has 1 N–H and O–H groups in total. The fourth-order valence-electron chi connectivity index (χ4n) is 2.51. The second-order valence-corrected chi connectivity index (χ2v) is 5.85. The number of benzene rings is 2. The molecule has 26 heavy (non-hydrogen) atoms. The van der Waals surface area contributed by atoms with Gasteiger partial charge in [-0.25, -0.2) is 4.68 Å². The van der Waals surface area contributed by atoms with Gasteiger partial charge >= 0.3 is 0 Å². The number of rotatable bonds is 5. The highest BCUT2D eigenvalue weighted by atomic mass is 16.1. The largest absolute Gasteiger partial charge is 0.346 e. The number of aromatic nitrogens is 2. The van der Waals surface area contributed by atoms with E-state index in [2.05, 4.69) is 16.5 Å². The van der Waals surface area contributed by atoms with Crippen LogP contribution in [0.25, 0.3) is 11.8 Å². The Balaban J connectivity index is 1.61. The van der Waals surface area contributed by atoms with Crippen molar-refractivity contribution in [2.24, 2.45) is 0 Å². The molecule has 0 bridgehead atoms. The molecule has 0 spiro atoms. The topological polar surface area (TPSA) is 70.7 Å². The number of carbonyl (C=O) groups is 1. The van der Waals surface area contributed by atoms with Gasteiger partial charge in [0.15, 0.2) is 0 Å². The van der Waals surface area contributed by atoms with Crippen molar-refractivity contribution in [1.29, 1.82) is 5.26 Å². The zero-order valence-electron chi connectivity index (χ0n) is 14.3. The number of carbonyl (C=O) groups excluding carboxylic acids is 1. The van der Waals surface area contributed by atoms with Crippen LogP contribution in [0.3, 0.4) is 0 Å². The Bertz CT molecular complexity index is 950. The molecular weight excluding hydrogens is 324 g/mol. The number of para-hydroxylation sites is 1. The molecule has 0 aliphatic heterocycles. The minimum atomic E-state index is -0.186. The van der Waals surface area contributed by atoms with Crippen LogP contribution >= 0.6 is 0 Å². The monoisotopic (exact) mass is 342 g/mol. The van der Waals surface area contributed by atoms with Gasteiger partial charge in [-0.15, -0.1) is 0 Å². The summed E-state index contributed by atoms with van der Waals surface area (Å²) in [4.78, 5) is 12.1. The van der Waals surface area contributed by atoms with Crippen LogP contribution in [0.1, 0.15) is 29.7 Å². The smallest absolute Gasteiger partial charge is 0.244 e. The Morgan fingerprint density at radius 3 is 2.62 bits per heavy atom. The van der Waals surface area contributed by atoms with E-state index in [0.29, 0.717) is 5.56 Å². The van der Waals surface area contributed by atoms with Crippen molar-refractivity contribution in [3.63, 3.8) is 0 Å². The molecule has 3 aromatic rings. The summed E-state index contributed by atoms with van der Waals surface area (Å²) in [5.74, 6) is -0.186. The lowest BCUT2D eigenvalue weighted by atomic mass is 10.1. The van der Waals surface area contributed by atoms with Crippen molar-refractivity contribution in [3.05, 3.63) is 89.8 Å². The normalized spacial score (nSPS) is 11.8. The van der Waals surface area contributed by atoms with Crippen molar-refractivity contribution >= 4 is 12.0 Å². The molecule has 1 amide bonds. The number of nitrogens with zero attached hydrogens (tertiary/aromatic N) is 3. The van der Waals surface area contributed by atoms with Crippen molar-refractivity contribution in [2.75, 3.05) is 0 Å². The van der Waals surface area contributed by atoms with E-state index in [-0.39, 0.29) is 11.9 Å². The molecule has 0 radical (unpaired) electrons. The molecule has 0 saturated heterocycles. The van der Waals surface area contributed by atoms with Gasteiger partial charge in [0, 0.05) is 17.8 Å². The van der Waals surface area contributed by atoms with Crippen molar-refractivity contribution in [3.8, 4) is 11.8 Å². The summed E-state index contributed by atoms with van der Waals surface area (Å²) in [6.45, 7) is 1.90. The zero-order valence-corrected chi connectivity index (χ0v) is 14.3. The first-order valence-electron chi connectivity index (χ1n) is 8.24. The molecule has 1 aromatic heterocycles. The van der Waals surface area contributed by atoms with E-state index in [9.17, 15) is 4.79 Å². The standard InChI is InChI=1S/C21H18N4O/c1-16(19-10-7-17(13-22)8-11-19)24-21(26)12-9-18-14-23-25(15-18)20-5-3-2-4-6-20/h2-12,14-16H,1H3,(H,24,26)/b12-9+. The molecule has 1 heterocycles. The number of nitrogens with one attached hydrogen (secondary N) is 1. The molecule has 0 fully saturated rings. The average Bonchev–Trinajstić information content (AvgIpc) is 3.16. The zero-order chi connectivity index (χ0) is 18.4. The molecule has 128 valence electrons. The van der Waals surface area contributed by atoms with Crippen LogP contribution in [-0.2, 0) is 4.79 Å². The highest BCUT2D eigenvalue weighted by Crippen LogP contribution is 2.13. The lowest BCUT2D eigenvalue weighted by Gasteiger charge is -2.12. The molecule has 5 nitrogen and oxygen atoms in total. The Morgan fingerprint density at radius 1 is 1.19 bits per heavy atom. The van der Waals surface area contributed by atoms with Crippen molar-refractivity contribution in [1.82, 2.24) is 15.1 Å². The average molecular weight is 342 g/mol. The maximum absolute atomic E-state index is 12.1. The summed E-state index contributed by atoms with van der Waals surface area (Å²) in [6, 6.07) is 18.9. The third-order valence-electron chi connectivity index (χ3n) is 3.95. The minimum absolute atomic E-state index is 0.146. The Labute approximate surface area is 152 Å². The Hall–Kier alpha value is -3.65. The summed E-state index contributed by atoms with van der Waals surface area (Å²) in [7, 11) is 0. The fraction of sp³-hybridized carbons (Fsp3) is 0.0952. The molecule has 3 rings (SSSR count). The third kappa shape index (κ3) is 4.25. The van der Waals surface area contributed by atoms with Gasteiger partial charge in [0.25, 0.3) is 0 Å². The van der Waals surface area contributed by atoms with Gasteiger partial charge in [-0.3, -0.25) is 4.79 Å². The van der Waals surface area contributed by atoms with Gasteiger partial charge in [0.05, 0.1) is 29.6 Å². The van der Waals surface area contributed by atoms with E-state index < -0.39 is 0 Å². The van der Waals surface area contributed by atoms with Crippen LogP contribution < -0.4 is 5.32 Å². The van der Waals surface area contributed by atoms with Gasteiger partial charge in [0.1, 0.15) is 0 Å². The van der Waals surface area contributed by atoms with Gasteiger partial charge in [0.2, 0.25) is 5.91 Å². The van der Waals surface area contributed by atoms with E-state index in [1.165, 1.54) is 6.08 Å². The second-order valence-electron chi connectivity index (χ2n) is 5.85. The van der Waals surface area contributed by atoms with Crippen LogP contribution in [-0.4, -0.2) is 15.7 Å². The summed E-state index contributed by atoms with van der Waals surface area (Å²) < 4.78 is 1.76. The van der Waals surface area contributed by atoms with Crippen LogP contribution in [0.15, 0.2) is 73.1 Å². The Kier molecular flexibility index (Phi) is 5.25. The molecule has 0 saturated carbocycles. The lowest BCUT2D eigenvalue weighted by Crippen LogP contribution is -2.24. The number of amides is 1. The number of hydrogen-bond donors (Lipinski definition) is 1. The molecule has 5 heteroatoms. The minimum Gasteiger partial charge on any atom is -0.346 e. The third-order valence-corrected chi connectivity index (χ3v) is 3.95. The molecule has 0 aliphatic carbocycles. The van der Waals surface area contributed by atoms with Crippen LogP contribution in [0.4, 0.5) is 0 Å².